The number of nitrogens with one attached hydrogen (secondary N) is 1. The smallest absolute Gasteiger partial charge is 0.254 e. The molecule has 3 nitrogen and oxygen atoms in total. The molecule has 0 aliphatic heterocycles. The summed E-state index contributed by atoms with van der Waals surface area (Å²) in [5.74, 6) is 0.736. The lowest BCUT2D eigenvalue weighted by molar-refractivity contribution is 0.912. The standard InChI is InChI=1S/C15H18N2O/c1-5-13-16-14(11(4)15(18)17-13)12-7-9(2)6-10(3)8-12/h6-8H,5H2,1-4H3,(H,16,17,18). The third-order valence-corrected chi connectivity index (χ3v) is 3.03. The number of H-pyrrole nitrogens is 1. The summed E-state index contributed by atoms with van der Waals surface area (Å²) in [5, 5.41) is 0. The molecule has 3 heteroatoms. The zero-order chi connectivity index (χ0) is 13.3. The highest BCUT2D eigenvalue weighted by Gasteiger charge is 2.09. The van der Waals surface area contributed by atoms with Gasteiger partial charge in [-0.05, 0) is 32.9 Å². The quantitative estimate of drug-likeness (QED) is 0.880. The molecule has 0 unspecified atom stereocenters. The molecule has 18 heavy (non-hydrogen) atoms. The van der Waals surface area contributed by atoms with Crippen LogP contribution >= 0.6 is 0 Å². The minimum atomic E-state index is -0.0454. The number of aromatic amines is 1. The second-order valence-corrected chi connectivity index (χ2v) is 4.72. The molecule has 0 aliphatic rings. The Hall–Kier alpha value is -1.90. The Morgan fingerprint density at radius 1 is 1.11 bits per heavy atom. The summed E-state index contributed by atoms with van der Waals surface area (Å²) in [6.07, 6.45) is 0.729. The van der Waals surface area contributed by atoms with Crippen molar-refractivity contribution in [3.63, 3.8) is 0 Å². The van der Waals surface area contributed by atoms with Gasteiger partial charge in [-0.15, -0.1) is 0 Å². The van der Waals surface area contributed by atoms with Crippen molar-refractivity contribution in [2.24, 2.45) is 0 Å². The van der Waals surface area contributed by atoms with E-state index in [1.165, 1.54) is 11.1 Å². The molecule has 0 spiro atoms. The third-order valence-electron chi connectivity index (χ3n) is 3.03. The summed E-state index contributed by atoms with van der Waals surface area (Å²) in [4.78, 5) is 19.2. The lowest BCUT2D eigenvalue weighted by Gasteiger charge is -2.08. The fourth-order valence-corrected chi connectivity index (χ4v) is 2.14. The van der Waals surface area contributed by atoms with Crippen LogP contribution in [0.15, 0.2) is 23.0 Å². The van der Waals surface area contributed by atoms with Crippen molar-refractivity contribution in [3.05, 3.63) is 51.1 Å². The summed E-state index contributed by atoms with van der Waals surface area (Å²) < 4.78 is 0. The van der Waals surface area contributed by atoms with Crippen molar-refractivity contribution in [1.82, 2.24) is 9.97 Å². The number of aryl methyl sites for hydroxylation is 3. The van der Waals surface area contributed by atoms with E-state index in [1.54, 1.807) is 0 Å². The van der Waals surface area contributed by atoms with Crippen LogP contribution in [0.2, 0.25) is 0 Å². The van der Waals surface area contributed by atoms with Gasteiger partial charge in [0.25, 0.3) is 5.56 Å². The zero-order valence-electron chi connectivity index (χ0n) is 11.3. The normalized spacial score (nSPS) is 10.7. The molecular weight excluding hydrogens is 224 g/mol. The van der Waals surface area contributed by atoms with Crippen molar-refractivity contribution in [2.45, 2.75) is 34.1 Å². The molecule has 2 aromatic rings. The third kappa shape index (κ3) is 2.35. The Bertz CT molecular complexity index is 621. The lowest BCUT2D eigenvalue weighted by Crippen LogP contribution is -2.15. The van der Waals surface area contributed by atoms with Crippen LogP contribution in [0.1, 0.15) is 29.4 Å². The van der Waals surface area contributed by atoms with Crippen LogP contribution in [0.4, 0.5) is 0 Å². The van der Waals surface area contributed by atoms with E-state index >= 15 is 0 Å². The van der Waals surface area contributed by atoms with E-state index in [4.69, 9.17) is 0 Å². The largest absolute Gasteiger partial charge is 0.310 e. The highest BCUT2D eigenvalue weighted by atomic mass is 16.1. The molecule has 1 heterocycles. The minimum absolute atomic E-state index is 0.0454. The maximum atomic E-state index is 11.9. The molecule has 0 atom stereocenters. The molecule has 94 valence electrons. The summed E-state index contributed by atoms with van der Waals surface area (Å²) in [7, 11) is 0. The van der Waals surface area contributed by atoms with Gasteiger partial charge in [0.1, 0.15) is 5.82 Å². The average molecular weight is 242 g/mol. The molecule has 1 aromatic heterocycles. The molecule has 0 saturated heterocycles. The summed E-state index contributed by atoms with van der Waals surface area (Å²) in [6.45, 7) is 7.91. The molecule has 0 aliphatic carbocycles. The first-order chi connectivity index (χ1) is 8.51. The summed E-state index contributed by atoms with van der Waals surface area (Å²) in [6, 6.07) is 6.26. The Morgan fingerprint density at radius 2 is 1.72 bits per heavy atom. The zero-order valence-corrected chi connectivity index (χ0v) is 11.3. The fraction of sp³-hybridized carbons (Fsp3) is 0.333. The molecule has 0 saturated carbocycles. The van der Waals surface area contributed by atoms with E-state index < -0.39 is 0 Å². The van der Waals surface area contributed by atoms with Crippen molar-refractivity contribution < 1.29 is 0 Å². The van der Waals surface area contributed by atoms with E-state index in [0.29, 0.717) is 5.56 Å². The summed E-state index contributed by atoms with van der Waals surface area (Å²) >= 11 is 0. The Labute approximate surface area is 107 Å². The van der Waals surface area contributed by atoms with Gasteiger partial charge in [0, 0.05) is 17.5 Å². The van der Waals surface area contributed by atoms with Gasteiger partial charge in [-0.3, -0.25) is 4.79 Å². The highest BCUT2D eigenvalue weighted by molar-refractivity contribution is 5.64. The molecule has 0 amide bonds. The van der Waals surface area contributed by atoms with E-state index in [0.717, 1.165) is 23.5 Å². The fourth-order valence-electron chi connectivity index (χ4n) is 2.14. The van der Waals surface area contributed by atoms with Crippen molar-refractivity contribution in [1.29, 1.82) is 0 Å². The first kappa shape index (κ1) is 12.6. The van der Waals surface area contributed by atoms with Crippen LogP contribution in [-0.2, 0) is 6.42 Å². The van der Waals surface area contributed by atoms with Gasteiger partial charge in [-0.25, -0.2) is 4.98 Å². The van der Waals surface area contributed by atoms with Gasteiger partial charge in [0.2, 0.25) is 0 Å². The SMILES string of the molecule is CCc1nc(-c2cc(C)cc(C)c2)c(C)c(=O)[nH]1. The van der Waals surface area contributed by atoms with E-state index in [1.807, 2.05) is 13.8 Å². The second kappa shape index (κ2) is 4.77. The van der Waals surface area contributed by atoms with Gasteiger partial charge in [0.05, 0.1) is 5.69 Å². The van der Waals surface area contributed by atoms with Gasteiger partial charge in [0.15, 0.2) is 0 Å². The van der Waals surface area contributed by atoms with E-state index in [2.05, 4.69) is 42.0 Å². The average Bonchev–Trinajstić information content (AvgIpc) is 2.31. The number of aromatic nitrogens is 2. The van der Waals surface area contributed by atoms with Crippen molar-refractivity contribution >= 4 is 0 Å². The number of hydrogen-bond donors (Lipinski definition) is 1. The van der Waals surface area contributed by atoms with Crippen LogP contribution in [0, 0.1) is 20.8 Å². The van der Waals surface area contributed by atoms with Gasteiger partial charge >= 0.3 is 0 Å². The maximum absolute atomic E-state index is 11.9. The first-order valence-corrected chi connectivity index (χ1v) is 6.19. The topological polar surface area (TPSA) is 45.8 Å². The van der Waals surface area contributed by atoms with Crippen LogP contribution < -0.4 is 5.56 Å². The minimum Gasteiger partial charge on any atom is -0.310 e. The summed E-state index contributed by atoms with van der Waals surface area (Å²) in [5.41, 5.74) is 4.82. The Balaban J connectivity index is 2.69. The van der Waals surface area contributed by atoms with Gasteiger partial charge < -0.3 is 4.98 Å². The van der Waals surface area contributed by atoms with Crippen LogP contribution in [0.3, 0.4) is 0 Å². The highest BCUT2D eigenvalue weighted by Crippen LogP contribution is 2.21. The molecule has 0 radical (unpaired) electrons. The number of rotatable bonds is 2. The van der Waals surface area contributed by atoms with E-state index in [9.17, 15) is 4.79 Å². The van der Waals surface area contributed by atoms with Crippen LogP contribution in [0.5, 0.6) is 0 Å². The Kier molecular flexibility index (Phi) is 3.32. The maximum Gasteiger partial charge on any atom is 0.254 e. The number of hydrogen-bond acceptors (Lipinski definition) is 2. The molecule has 1 aromatic carbocycles. The van der Waals surface area contributed by atoms with Crippen LogP contribution in [0.25, 0.3) is 11.3 Å². The predicted molar refractivity (Wildman–Crippen MR) is 73.9 cm³/mol. The number of nitrogens with zero attached hydrogens (tertiary/aromatic N) is 1. The lowest BCUT2D eigenvalue weighted by atomic mass is 10.0. The van der Waals surface area contributed by atoms with Crippen molar-refractivity contribution in [3.8, 4) is 11.3 Å². The molecule has 2 rings (SSSR count). The molecule has 0 fully saturated rings. The monoisotopic (exact) mass is 242 g/mol. The second-order valence-electron chi connectivity index (χ2n) is 4.72. The van der Waals surface area contributed by atoms with Gasteiger partial charge in [-0.2, -0.15) is 0 Å². The molecular formula is C15H18N2O. The van der Waals surface area contributed by atoms with Gasteiger partial charge in [-0.1, -0.05) is 24.1 Å². The number of benzene rings is 1. The van der Waals surface area contributed by atoms with Crippen molar-refractivity contribution in [2.75, 3.05) is 0 Å². The van der Waals surface area contributed by atoms with Crippen LogP contribution in [-0.4, -0.2) is 9.97 Å². The first-order valence-electron chi connectivity index (χ1n) is 6.19. The molecule has 0 bridgehead atoms. The Morgan fingerprint density at radius 3 is 2.28 bits per heavy atom. The molecule has 1 N–H and O–H groups in total. The predicted octanol–water partition coefficient (Wildman–Crippen LogP) is 2.92. The van der Waals surface area contributed by atoms with E-state index in [-0.39, 0.29) is 5.56 Å².